The van der Waals surface area contributed by atoms with Crippen molar-refractivity contribution in [2.75, 3.05) is 6.61 Å². The molecule has 0 saturated heterocycles. The molecule has 0 aliphatic heterocycles. The van der Waals surface area contributed by atoms with Gasteiger partial charge in [0, 0.05) is 6.07 Å². The number of rotatable bonds is 7. The van der Waals surface area contributed by atoms with Gasteiger partial charge in [0.1, 0.15) is 11.8 Å². The molecule has 7 heteroatoms. The quantitative estimate of drug-likeness (QED) is 0.765. The summed E-state index contributed by atoms with van der Waals surface area (Å²) in [4.78, 5) is 22.6. The summed E-state index contributed by atoms with van der Waals surface area (Å²) in [6, 6.07) is 0.622. The number of ether oxygens (including phenoxy) is 1. The van der Waals surface area contributed by atoms with Crippen LogP contribution in [0.1, 0.15) is 26.0 Å². The van der Waals surface area contributed by atoms with Crippen LogP contribution in [-0.2, 0) is 9.59 Å². The third kappa shape index (κ3) is 4.61. The van der Waals surface area contributed by atoms with Gasteiger partial charge in [0.25, 0.3) is 11.8 Å². The summed E-state index contributed by atoms with van der Waals surface area (Å²) >= 11 is 0. The average Bonchev–Trinajstić information content (AvgIpc) is 2.78. The van der Waals surface area contributed by atoms with E-state index in [1.54, 1.807) is 13.8 Å². The van der Waals surface area contributed by atoms with Gasteiger partial charge in [-0.15, -0.1) is 0 Å². The fourth-order valence-electron chi connectivity index (χ4n) is 1.45. The zero-order chi connectivity index (χ0) is 14.4. The Bertz CT molecular complexity index is 443. The highest BCUT2D eigenvalue weighted by Gasteiger charge is 2.25. The van der Waals surface area contributed by atoms with Crippen LogP contribution in [0.25, 0.3) is 0 Å². The lowest BCUT2D eigenvalue weighted by Gasteiger charge is -2.19. The molecule has 1 rings (SSSR count). The number of nitrogens with one attached hydrogen (secondary N) is 1. The minimum absolute atomic E-state index is 0.157. The smallest absolute Gasteiger partial charge is 0.326 e. The van der Waals surface area contributed by atoms with Crippen molar-refractivity contribution in [3.63, 3.8) is 0 Å². The summed E-state index contributed by atoms with van der Waals surface area (Å²) in [5.41, 5.74) is 0. The van der Waals surface area contributed by atoms with Crippen LogP contribution in [-0.4, -0.2) is 34.8 Å². The number of hydrogen-bond donors (Lipinski definition) is 2. The van der Waals surface area contributed by atoms with Gasteiger partial charge in [0.05, 0.1) is 0 Å². The molecule has 19 heavy (non-hydrogen) atoms. The molecule has 1 amide bonds. The molecule has 1 aromatic rings. The summed E-state index contributed by atoms with van der Waals surface area (Å²) < 4.78 is 9.84. The molecule has 0 fully saturated rings. The number of aromatic nitrogens is 1. The number of amides is 1. The Labute approximate surface area is 110 Å². The molecule has 0 aromatic carbocycles. The highest BCUT2D eigenvalue weighted by Crippen LogP contribution is 2.10. The van der Waals surface area contributed by atoms with Crippen molar-refractivity contribution in [2.24, 2.45) is 5.92 Å². The number of carboxylic acid groups (broad SMARTS) is 1. The van der Waals surface area contributed by atoms with E-state index in [1.807, 2.05) is 6.92 Å². The molecular formula is C12H18N2O5. The van der Waals surface area contributed by atoms with Crippen molar-refractivity contribution in [3.8, 4) is 5.88 Å². The van der Waals surface area contributed by atoms with Crippen LogP contribution in [0.2, 0.25) is 0 Å². The van der Waals surface area contributed by atoms with Crippen molar-refractivity contribution in [1.82, 2.24) is 10.5 Å². The fourth-order valence-corrected chi connectivity index (χ4v) is 1.45. The topological polar surface area (TPSA) is 102 Å². The van der Waals surface area contributed by atoms with E-state index in [1.165, 1.54) is 6.07 Å². The summed E-state index contributed by atoms with van der Waals surface area (Å²) in [6.45, 7) is 5.03. The maximum Gasteiger partial charge on any atom is 0.326 e. The lowest BCUT2D eigenvalue weighted by atomic mass is 9.99. The minimum Gasteiger partial charge on any atom is -0.480 e. The highest BCUT2D eigenvalue weighted by atomic mass is 16.5. The van der Waals surface area contributed by atoms with Gasteiger partial charge in [0.2, 0.25) is 0 Å². The number of nitrogens with zero attached hydrogens (tertiary/aromatic N) is 1. The van der Waals surface area contributed by atoms with Gasteiger partial charge in [-0.2, -0.15) is 0 Å². The summed E-state index contributed by atoms with van der Waals surface area (Å²) in [5.74, 6) is -0.953. The first-order chi connectivity index (χ1) is 8.93. The number of carbonyl (C=O) groups excluding carboxylic acids is 1. The molecule has 2 atom stereocenters. The molecular weight excluding hydrogens is 252 g/mol. The predicted octanol–water partition coefficient (Wildman–Crippen LogP) is 0.977. The highest BCUT2D eigenvalue weighted by molar-refractivity contribution is 5.84. The van der Waals surface area contributed by atoms with Crippen molar-refractivity contribution >= 4 is 11.9 Å². The Kier molecular flexibility index (Phi) is 5.35. The Balaban J connectivity index is 2.46. The number of hydrogen-bond acceptors (Lipinski definition) is 5. The van der Waals surface area contributed by atoms with E-state index in [2.05, 4.69) is 10.5 Å². The van der Waals surface area contributed by atoms with Gasteiger partial charge < -0.3 is 19.7 Å². The molecule has 2 N–H and O–H groups in total. The Hall–Kier alpha value is -2.05. The summed E-state index contributed by atoms with van der Waals surface area (Å²) in [6.07, 6.45) is 0.653. The monoisotopic (exact) mass is 270 g/mol. The minimum atomic E-state index is -1.06. The van der Waals surface area contributed by atoms with Crippen LogP contribution in [0.5, 0.6) is 5.88 Å². The third-order valence-corrected chi connectivity index (χ3v) is 2.75. The van der Waals surface area contributed by atoms with Gasteiger partial charge in [-0.1, -0.05) is 20.3 Å². The summed E-state index contributed by atoms with van der Waals surface area (Å²) in [7, 11) is 0. The van der Waals surface area contributed by atoms with Crippen LogP contribution in [0, 0.1) is 12.8 Å². The van der Waals surface area contributed by atoms with Gasteiger partial charge in [-0.3, -0.25) is 4.79 Å². The molecule has 0 saturated carbocycles. The largest absolute Gasteiger partial charge is 0.480 e. The van der Waals surface area contributed by atoms with Crippen LogP contribution in [0.3, 0.4) is 0 Å². The molecule has 0 spiro atoms. The number of carboxylic acids is 1. The molecule has 0 bridgehead atoms. The predicted molar refractivity (Wildman–Crippen MR) is 65.8 cm³/mol. The normalized spacial score (nSPS) is 13.6. The van der Waals surface area contributed by atoms with E-state index >= 15 is 0 Å². The van der Waals surface area contributed by atoms with E-state index in [0.29, 0.717) is 12.2 Å². The second-order valence-electron chi connectivity index (χ2n) is 4.33. The van der Waals surface area contributed by atoms with Crippen molar-refractivity contribution in [1.29, 1.82) is 0 Å². The van der Waals surface area contributed by atoms with E-state index in [9.17, 15) is 9.59 Å². The maximum absolute atomic E-state index is 11.6. The van der Waals surface area contributed by atoms with E-state index in [4.69, 9.17) is 14.4 Å². The first-order valence-electron chi connectivity index (χ1n) is 6.02. The summed E-state index contributed by atoms with van der Waals surface area (Å²) in [5, 5.41) is 15.0. The Morgan fingerprint density at radius 2 is 2.26 bits per heavy atom. The second kappa shape index (κ2) is 6.77. The van der Waals surface area contributed by atoms with Crippen molar-refractivity contribution in [2.45, 2.75) is 33.2 Å². The van der Waals surface area contributed by atoms with Crippen molar-refractivity contribution < 1.29 is 24.0 Å². The lowest BCUT2D eigenvalue weighted by molar-refractivity contribution is -0.143. The van der Waals surface area contributed by atoms with Gasteiger partial charge in [-0.05, 0) is 18.0 Å². The number of aryl methyl sites for hydroxylation is 1. The molecule has 106 valence electrons. The fraction of sp³-hybridized carbons (Fsp3) is 0.583. The third-order valence-electron chi connectivity index (χ3n) is 2.75. The molecule has 1 unspecified atom stereocenters. The Morgan fingerprint density at radius 3 is 2.74 bits per heavy atom. The van der Waals surface area contributed by atoms with E-state index in [-0.39, 0.29) is 18.4 Å². The lowest BCUT2D eigenvalue weighted by Crippen LogP contribution is -2.46. The molecule has 0 aliphatic carbocycles. The maximum atomic E-state index is 11.6. The molecule has 1 heterocycles. The Morgan fingerprint density at radius 1 is 1.58 bits per heavy atom. The zero-order valence-electron chi connectivity index (χ0n) is 11.2. The number of aliphatic carboxylic acids is 1. The zero-order valence-corrected chi connectivity index (χ0v) is 11.2. The van der Waals surface area contributed by atoms with Crippen LogP contribution < -0.4 is 10.1 Å². The first kappa shape index (κ1) is 15.0. The van der Waals surface area contributed by atoms with Gasteiger partial charge in [-0.25, -0.2) is 4.79 Å². The van der Waals surface area contributed by atoms with Gasteiger partial charge in [0.15, 0.2) is 6.61 Å². The standard InChI is InChI=1S/C12H18N2O5/c1-4-7(2)11(12(16)17)13-9(15)6-18-10-5-8(3)19-14-10/h5,7,11H,4,6H2,1-3H3,(H,13,15)(H,16,17)/t7?,11-/m0/s1. The molecule has 1 aromatic heterocycles. The van der Waals surface area contributed by atoms with Crippen LogP contribution >= 0.6 is 0 Å². The van der Waals surface area contributed by atoms with Crippen LogP contribution in [0.15, 0.2) is 10.6 Å². The van der Waals surface area contributed by atoms with Crippen LogP contribution in [0.4, 0.5) is 0 Å². The van der Waals surface area contributed by atoms with Gasteiger partial charge >= 0.3 is 5.97 Å². The van der Waals surface area contributed by atoms with Crippen molar-refractivity contribution in [3.05, 3.63) is 11.8 Å². The van der Waals surface area contributed by atoms with E-state index in [0.717, 1.165) is 0 Å². The number of carbonyl (C=O) groups is 2. The molecule has 0 aliphatic rings. The average molecular weight is 270 g/mol. The second-order valence-corrected chi connectivity index (χ2v) is 4.33. The SMILES string of the molecule is CCC(C)[C@H](NC(=O)COc1cc(C)on1)C(=O)O. The first-order valence-corrected chi connectivity index (χ1v) is 6.02. The molecule has 0 radical (unpaired) electrons. The molecule has 7 nitrogen and oxygen atoms in total. The van der Waals surface area contributed by atoms with E-state index < -0.39 is 17.9 Å².